The number of quaternary nitrogens is 1. The molecular formula is C20H44NO4S+. The van der Waals surface area contributed by atoms with Crippen molar-refractivity contribution in [2.24, 2.45) is 0 Å². The van der Waals surface area contributed by atoms with Crippen molar-refractivity contribution < 1.29 is 21.6 Å². The molecule has 0 aliphatic carbocycles. The fraction of sp³-hybridized carbons (Fsp3) is 1.00. The average molecular weight is 395 g/mol. The van der Waals surface area contributed by atoms with Crippen LogP contribution in [0.2, 0.25) is 0 Å². The number of rotatable bonds is 19. The van der Waals surface area contributed by atoms with Crippen LogP contribution in [-0.4, -0.2) is 51.2 Å². The second-order valence-corrected chi connectivity index (χ2v) is 9.32. The fourth-order valence-corrected chi connectivity index (χ4v) is 3.52. The largest absolute Gasteiger partial charge is 0.397 e. The molecule has 0 unspecified atom stereocenters. The van der Waals surface area contributed by atoms with E-state index in [2.05, 4.69) is 25.2 Å². The standard InChI is InChI=1S/C20H43NO4S/c1-4-5-6-7-8-9-10-11-12-13-14-15-16-17-18-21(2,3)19-20-25-26(22,23)24/h4-20H2,1-3H3/p+1. The summed E-state index contributed by atoms with van der Waals surface area (Å²) in [6.07, 6.45) is 18.9. The number of hydrogen-bond acceptors (Lipinski definition) is 3. The lowest BCUT2D eigenvalue weighted by Gasteiger charge is -2.29. The van der Waals surface area contributed by atoms with E-state index < -0.39 is 10.4 Å². The Kier molecular flexibility index (Phi) is 15.7. The molecule has 5 nitrogen and oxygen atoms in total. The van der Waals surface area contributed by atoms with Crippen LogP contribution < -0.4 is 0 Å². The molecule has 0 bridgehead atoms. The second-order valence-electron chi connectivity index (χ2n) is 8.23. The van der Waals surface area contributed by atoms with Gasteiger partial charge < -0.3 is 4.48 Å². The topological polar surface area (TPSA) is 63.6 Å². The Labute approximate surface area is 163 Å². The predicted molar refractivity (Wildman–Crippen MR) is 110 cm³/mol. The van der Waals surface area contributed by atoms with Gasteiger partial charge in [-0.3, -0.25) is 4.55 Å². The Morgan fingerprint density at radius 1 is 0.692 bits per heavy atom. The van der Waals surface area contributed by atoms with Crippen LogP contribution in [0.4, 0.5) is 0 Å². The highest BCUT2D eigenvalue weighted by Gasteiger charge is 2.16. The van der Waals surface area contributed by atoms with E-state index in [-0.39, 0.29) is 6.61 Å². The Hall–Kier alpha value is -0.170. The third-order valence-corrected chi connectivity index (χ3v) is 5.51. The summed E-state index contributed by atoms with van der Waals surface area (Å²) >= 11 is 0. The van der Waals surface area contributed by atoms with Crippen LogP contribution >= 0.6 is 0 Å². The van der Waals surface area contributed by atoms with E-state index in [0.29, 0.717) is 11.0 Å². The van der Waals surface area contributed by atoms with E-state index in [0.717, 1.165) is 13.0 Å². The molecule has 0 rings (SSSR count). The summed E-state index contributed by atoms with van der Waals surface area (Å²) < 4.78 is 34.8. The average Bonchev–Trinajstić information content (AvgIpc) is 2.53. The highest BCUT2D eigenvalue weighted by molar-refractivity contribution is 7.80. The molecule has 0 radical (unpaired) electrons. The van der Waals surface area contributed by atoms with Crippen LogP contribution in [0.5, 0.6) is 0 Å². The quantitative estimate of drug-likeness (QED) is 0.182. The lowest BCUT2D eigenvalue weighted by molar-refractivity contribution is -0.890. The maximum Gasteiger partial charge on any atom is 0.397 e. The van der Waals surface area contributed by atoms with Crippen molar-refractivity contribution >= 4 is 10.4 Å². The molecule has 0 saturated heterocycles. The van der Waals surface area contributed by atoms with Gasteiger partial charge in [0, 0.05) is 0 Å². The minimum atomic E-state index is -4.31. The molecule has 0 aliphatic heterocycles. The summed E-state index contributed by atoms with van der Waals surface area (Å²) in [5, 5.41) is 0. The van der Waals surface area contributed by atoms with Gasteiger partial charge in [-0.05, 0) is 12.8 Å². The number of nitrogens with zero attached hydrogens (tertiary/aromatic N) is 1. The lowest BCUT2D eigenvalue weighted by Crippen LogP contribution is -2.43. The highest BCUT2D eigenvalue weighted by Crippen LogP contribution is 2.13. The van der Waals surface area contributed by atoms with E-state index in [9.17, 15) is 8.42 Å². The van der Waals surface area contributed by atoms with Crippen LogP contribution in [0.1, 0.15) is 96.8 Å². The van der Waals surface area contributed by atoms with Crippen molar-refractivity contribution in [2.75, 3.05) is 33.8 Å². The molecule has 0 atom stereocenters. The minimum absolute atomic E-state index is 0.0322. The molecule has 0 fully saturated rings. The first-order valence-corrected chi connectivity index (χ1v) is 12.1. The lowest BCUT2D eigenvalue weighted by atomic mass is 10.0. The highest BCUT2D eigenvalue weighted by atomic mass is 32.3. The molecule has 0 aromatic carbocycles. The van der Waals surface area contributed by atoms with Crippen LogP contribution in [0.25, 0.3) is 0 Å². The molecule has 6 heteroatoms. The van der Waals surface area contributed by atoms with Gasteiger partial charge in [-0.15, -0.1) is 0 Å². The molecule has 0 saturated carbocycles. The zero-order valence-electron chi connectivity index (χ0n) is 17.5. The van der Waals surface area contributed by atoms with E-state index in [1.54, 1.807) is 0 Å². The van der Waals surface area contributed by atoms with Crippen molar-refractivity contribution in [1.29, 1.82) is 0 Å². The second kappa shape index (κ2) is 15.8. The molecule has 158 valence electrons. The van der Waals surface area contributed by atoms with Crippen LogP contribution in [-0.2, 0) is 14.6 Å². The molecule has 0 heterocycles. The fourth-order valence-electron chi connectivity index (χ4n) is 3.24. The molecule has 26 heavy (non-hydrogen) atoms. The number of likely N-dealkylation sites (N-methyl/N-ethyl adjacent to an activating group) is 1. The molecule has 0 aromatic heterocycles. The Morgan fingerprint density at radius 2 is 1.08 bits per heavy atom. The Morgan fingerprint density at radius 3 is 1.46 bits per heavy atom. The van der Waals surface area contributed by atoms with Gasteiger partial charge in [0.1, 0.15) is 13.2 Å². The summed E-state index contributed by atoms with van der Waals surface area (Å²) in [7, 11) is -0.176. The summed E-state index contributed by atoms with van der Waals surface area (Å²) in [6, 6.07) is 0. The first-order chi connectivity index (χ1) is 12.3. The molecule has 0 aliphatic rings. The van der Waals surface area contributed by atoms with E-state index >= 15 is 0 Å². The first kappa shape index (κ1) is 25.8. The van der Waals surface area contributed by atoms with Gasteiger partial charge in [0.05, 0.1) is 20.6 Å². The molecule has 1 N–H and O–H groups in total. The van der Waals surface area contributed by atoms with Crippen LogP contribution in [0, 0.1) is 0 Å². The Bertz CT molecular complexity index is 410. The minimum Gasteiger partial charge on any atom is -0.327 e. The van der Waals surface area contributed by atoms with E-state index in [4.69, 9.17) is 4.55 Å². The normalized spacial score (nSPS) is 12.6. The number of hydrogen-bond donors (Lipinski definition) is 1. The van der Waals surface area contributed by atoms with Crippen molar-refractivity contribution in [3.63, 3.8) is 0 Å². The zero-order valence-corrected chi connectivity index (χ0v) is 18.4. The van der Waals surface area contributed by atoms with Gasteiger partial charge >= 0.3 is 10.4 Å². The van der Waals surface area contributed by atoms with Crippen molar-refractivity contribution in [2.45, 2.75) is 96.8 Å². The molecule has 0 spiro atoms. The third kappa shape index (κ3) is 20.1. The van der Waals surface area contributed by atoms with Crippen molar-refractivity contribution in [1.82, 2.24) is 0 Å². The van der Waals surface area contributed by atoms with Gasteiger partial charge in [-0.25, -0.2) is 4.18 Å². The monoisotopic (exact) mass is 394 g/mol. The zero-order chi connectivity index (χ0) is 19.7. The maximum atomic E-state index is 10.5. The van der Waals surface area contributed by atoms with Gasteiger partial charge in [0.25, 0.3) is 0 Å². The summed E-state index contributed by atoms with van der Waals surface area (Å²) in [6.45, 7) is 3.89. The SMILES string of the molecule is CCCCCCCCCCCCCCCC[N+](C)(C)CCOS(=O)(=O)O. The van der Waals surface area contributed by atoms with Gasteiger partial charge in [0.2, 0.25) is 0 Å². The van der Waals surface area contributed by atoms with Gasteiger partial charge in [-0.2, -0.15) is 8.42 Å². The molecular weight excluding hydrogens is 350 g/mol. The first-order valence-electron chi connectivity index (χ1n) is 10.7. The summed E-state index contributed by atoms with van der Waals surface area (Å²) in [5.41, 5.74) is 0. The van der Waals surface area contributed by atoms with Crippen molar-refractivity contribution in [3.8, 4) is 0 Å². The van der Waals surface area contributed by atoms with E-state index in [1.807, 2.05) is 0 Å². The summed E-state index contributed by atoms with van der Waals surface area (Å²) in [5.74, 6) is 0. The summed E-state index contributed by atoms with van der Waals surface area (Å²) in [4.78, 5) is 0. The predicted octanol–water partition coefficient (Wildman–Crippen LogP) is 5.36. The number of unbranched alkanes of at least 4 members (excludes halogenated alkanes) is 13. The van der Waals surface area contributed by atoms with Gasteiger partial charge in [0.15, 0.2) is 0 Å². The van der Waals surface area contributed by atoms with E-state index in [1.165, 1.54) is 83.5 Å². The third-order valence-electron chi connectivity index (χ3n) is 5.05. The Balaban J connectivity index is 3.34. The molecule has 0 aromatic rings. The van der Waals surface area contributed by atoms with Crippen LogP contribution in [0.3, 0.4) is 0 Å². The molecule has 0 amide bonds. The smallest absolute Gasteiger partial charge is 0.327 e. The van der Waals surface area contributed by atoms with Crippen LogP contribution in [0.15, 0.2) is 0 Å². The maximum absolute atomic E-state index is 10.5. The van der Waals surface area contributed by atoms with Crippen molar-refractivity contribution in [3.05, 3.63) is 0 Å². The van der Waals surface area contributed by atoms with Gasteiger partial charge in [-0.1, -0.05) is 84.0 Å².